The number of carboxylic acid groups (broad SMARTS) is 1. The molecule has 1 amide bonds. The first-order valence-corrected chi connectivity index (χ1v) is 7.21. The van der Waals surface area contributed by atoms with Gasteiger partial charge in [0, 0.05) is 18.4 Å². The second-order valence-electron chi connectivity index (χ2n) is 5.17. The molecule has 0 radical (unpaired) electrons. The normalized spacial score (nSPS) is 23.6. The van der Waals surface area contributed by atoms with Crippen molar-refractivity contribution in [2.24, 2.45) is 0 Å². The molecule has 2 atom stereocenters. The van der Waals surface area contributed by atoms with Gasteiger partial charge in [-0.2, -0.15) is 11.8 Å². The van der Waals surface area contributed by atoms with Crippen molar-refractivity contribution in [1.29, 1.82) is 0 Å². The molecule has 1 unspecified atom stereocenters. The maximum Gasteiger partial charge on any atom is 0.327 e. The summed E-state index contributed by atoms with van der Waals surface area (Å²) in [4.78, 5) is 21.8. The number of thioether (sulfide) groups is 1. The standard InChI is InChI=1S/C12H21NO4S/c1-8(14)13-10(11(15)16)7-18-6-9-4-5-12(2,3)17-9/h9-10H,4-7H2,1-3H3,(H,13,14)(H,15,16)/t9?,10-/m0/s1. The van der Waals surface area contributed by atoms with Gasteiger partial charge in [0.05, 0.1) is 11.7 Å². The van der Waals surface area contributed by atoms with Gasteiger partial charge in [0.25, 0.3) is 0 Å². The van der Waals surface area contributed by atoms with Gasteiger partial charge in [0.1, 0.15) is 6.04 Å². The molecule has 18 heavy (non-hydrogen) atoms. The van der Waals surface area contributed by atoms with Crippen LogP contribution in [0, 0.1) is 0 Å². The minimum absolute atomic E-state index is 0.0605. The first kappa shape index (κ1) is 15.3. The molecule has 0 aromatic heterocycles. The van der Waals surface area contributed by atoms with Crippen molar-refractivity contribution in [3.05, 3.63) is 0 Å². The molecule has 1 rings (SSSR count). The van der Waals surface area contributed by atoms with E-state index in [2.05, 4.69) is 19.2 Å². The van der Waals surface area contributed by atoms with E-state index in [9.17, 15) is 9.59 Å². The molecule has 0 bridgehead atoms. The van der Waals surface area contributed by atoms with Gasteiger partial charge in [-0.15, -0.1) is 0 Å². The number of aliphatic carboxylic acids is 1. The Balaban J connectivity index is 2.27. The van der Waals surface area contributed by atoms with Crippen LogP contribution in [0.4, 0.5) is 0 Å². The van der Waals surface area contributed by atoms with Crippen molar-refractivity contribution >= 4 is 23.6 Å². The Morgan fingerprint density at radius 1 is 1.56 bits per heavy atom. The predicted octanol–water partition coefficient (Wildman–Crippen LogP) is 1.27. The first-order valence-electron chi connectivity index (χ1n) is 6.05. The van der Waals surface area contributed by atoms with Crippen molar-refractivity contribution in [3.8, 4) is 0 Å². The maximum absolute atomic E-state index is 10.9. The molecule has 2 N–H and O–H groups in total. The van der Waals surface area contributed by atoms with Crippen LogP contribution < -0.4 is 5.32 Å². The second kappa shape index (κ2) is 6.43. The summed E-state index contributed by atoms with van der Waals surface area (Å²) in [6.45, 7) is 5.45. The zero-order chi connectivity index (χ0) is 13.8. The van der Waals surface area contributed by atoms with Crippen molar-refractivity contribution in [2.45, 2.75) is 51.4 Å². The Kier molecular flexibility index (Phi) is 5.47. The molecule has 1 aliphatic heterocycles. The van der Waals surface area contributed by atoms with E-state index in [0.717, 1.165) is 18.6 Å². The predicted molar refractivity (Wildman–Crippen MR) is 70.8 cm³/mol. The molecule has 0 aromatic rings. The summed E-state index contributed by atoms with van der Waals surface area (Å²) in [5.74, 6) is -0.172. The number of carbonyl (C=O) groups excluding carboxylic acids is 1. The smallest absolute Gasteiger partial charge is 0.327 e. The Morgan fingerprint density at radius 3 is 2.67 bits per heavy atom. The number of hydrogen-bond acceptors (Lipinski definition) is 4. The molecular formula is C12H21NO4S. The van der Waals surface area contributed by atoms with Crippen LogP contribution in [0.25, 0.3) is 0 Å². The molecule has 6 heteroatoms. The average Bonchev–Trinajstić information content (AvgIpc) is 2.56. The quantitative estimate of drug-likeness (QED) is 0.763. The largest absolute Gasteiger partial charge is 0.480 e. The molecule has 1 heterocycles. The molecular weight excluding hydrogens is 254 g/mol. The first-order chi connectivity index (χ1) is 8.30. The monoisotopic (exact) mass is 275 g/mol. The number of hydrogen-bond donors (Lipinski definition) is 2. The van der Waals surface area contributed by atoms with Crippen molar-refractivity contribution in [3.63, 3.8) is 0 Å². The molecule has 5 nitrogen and oxygen atoms in total. The van der Waals surface area contributed by atoms with Crippen molar-refractivity contribution in [1.82, 2.24) is 5.32 Å². The highest BCUT2D eigenvalue weighted by Gasteiger charge is 2.31. The minimum Gasteiger partial charge on any atom is -0.480 e. The third-order valence-electron chi connectivity index (χ3n) is 2.82. The van der Waals surface area contributed by atoms with Crippen LogP contribution in [0.15, 0.2) is 0 Å². The molecule has 0 aliphatic carbocycles. The van der Waals surface area contributed by atoms with E-state index in [1.54, 1.807) is 0 Å². The number of nitrogens with one attached hydrogen (secondary N) is 1. The Labute approximate surface area is 112 Å². The molecule has 0 aromatic carbocycles. The van der Waals surface area contributed by atoms with Gasteiger partial charge in [-0.1, -0.05) is 0 Å². The van der Waals surface area contributed by atoms with E-state index < -0.39 is 12.0 Å². The third-order valence-corrected chi connectivity index (χ3v) is 3.99. The number of amides is 1. The minimum atomic E-state index is -0.995. The van der Waals surface area contributed by atoms with E-state index in [1.165, 1.54) is 18.7 Å². The SMILES string of the molecule is CC(=O)N[C@@H](CSCC1CCC(C)(C)O1)C(=O)O. The van der Waals surface area contributed by atoms with Crippen LogP contribution in [-0.4, -0.2) is 46.2 Å². The van der Waals surface area contributed by atoms with Gasteiger partial charge < -0.3 is 15.2 Å². The van der Waals surface area contributed by atoms with E-state index in [4.69, 9.17) is 9.84 Å². The summed E-state index contributed by atoms with van der Waals surface area (Å²) in [5, 5.41) is 11.4. The maximum atomic E-state index is 10.9. The lowest BCUT2D eigenvalue weighted by Crippen LogP contribution is -2.41. The highest BCUT2D eigenvalue weighted by Crippen LogP contribution is 2.31. The highest BCUT2D eigenvalue weighted by atomic mass is 32.2. The summed E-state index contributed by atoms with van der Waals surface area (Å²) in [6, 6.07) is -0.818. The topological polar surface area (TPSA) is 75.6 Å². The number of ether oxygens (including phenoxy) is 1. The van der Waals surface area contributed by atoms with Gasteiger partial charge in [-0.3, -0.25) is 4.79 Å². The molecule has 104 valence electrons. The Hall–Kier alpha value is -0.750. The van der Waals surface area contributed by atoms with Crippen LogP contribution in [0.5, 0.6) is 0 Å². The van der Waals surface area contributed by atoms with Gasteiger partial charge in [0.2, 0.25) is 5.91 Å². The third kappa shape index (κ3) is 5.27. The molecule has 1 fully saturated rings. The van der Waals surface area contributed by atoms with Crippen molar-refractivity contribution < 1.29 is 19.4 Å². The van der Waals surface area contributed by atoms with Crippen LogP contribution >= 0.6 is 11.8 Å². The highest BCUT2D eigenvalue weighted by molar-refractivity contribution is 7.99. The van der Waals surface area contributed by atoms with E-state index >= 15 is 0 Å². The fourth-order valence-electron chi connectivity index (χ4n) is 1.93. The average molecular weight is 275 g/mol. The van der Waals surface area contributed by atoms with Gasteiger partial charge >= 0.3 is 5.97 Å². The Bertz CT molecular complexity index is 319. The zero-order valence-electron chi connectivity index (χ0n) is 11.1. The fourth-order valence-corrected chi connectivity index (χ4v) is 3.03. The van der Waals surface area contributed by atoms with Gasteiger partial charge in [-0.25, -0.2) is 4.79 Å². The zero-order valence-corrected chi connectivity index (χ0v) is 11.9. The lowest BCUT2D eigenvalue weighted by Gasteiger charge is -2.19. The van der Waals surface area contributed by atoms with Crippen LogP contribution in [0.2, 0.25) is 0 Å². The van der Waals surface area contributed by atoms with E-state index in [0.29, 0.717) is 5.75 Å². The van der Waals surface area contributed by atoms with Gasteiger partial charge in [0.15, 0.2) is 0 Å². The van der Waals surface area contributed by atoms with Gasteiger partial charge in [-0.05, 0) is 26.7 Å². The van der Waals surface area contributed by atoms with E-state index in [-0.39, 0.29) is 17.6 Å². The molecule has 1 aliphatic rings. The lowest BCUT2D eigenvalue weighted by molar-refractivity contribution is -0.140. The summed E-state index contributed by atoms with van der Waals surface area (Å²) in [5.41, 5.74) is -0.0605. The summed E-state index contributed by atoms with van der Waals surface area (Å²) in [7, 11) is 0. The molecule has 0 spiro atoms. The lowest BCUT2D eigenvalue weighted by atomic mass is 10.1. The summed E-state index contributed by atoms with van der Waals surface area (Å²) in [6.07, 6.45) is 2.24. The van der Waals surface area contributed by atoms with Crippen LogP contribution in [-0.2, 0) is 14.3 Å². The Morgan fingerprint density at radius 2 is 2.22 bits per heavy atom. The fraction of sp³-hybridized carbons (Fsp3) is 0.833. The van der Waals surface area contributed by atoms with Crippen LogP contribution in [0.3, 0.4) is 0 Å². The molecule has 1 saturated heterocycles. The second-order valence-corrected chi connectivity index (χ2v) is 6.24. The van der Waals surface area contributed by atoms with Crippen LogP contribution in [0.1, 0.15) is 33.6 Å². The summed E-state index contributed by atoms with van der Waals surface area (Å²) >= 11 is 1.51. The summed E-state index contributed by atoms with van der Waals surface area (Å²) < 4.78 is 5.82. The number of carbonyl (C=O) groups is 2. The molecule has 0 saturated carbocycles. The number of rotatable bonds is 6. The van der Waals surface area contributed by atoms with Crippen molar-refractivity contribution in [2.75, 3.05) is 11.5 Å². The van der Waals surface area contributed by atoms with E-state index in [1.807, 2.05) is 0 Å². The number of carboxylic acids is 1.